The van der Waals surface area contributed by atoms with Crippen molar-refractivity contribution in [1.82, 2.24) is 9.38 Å². The van der Waals surface area contributed by atoms with Crippen molar-refractivity contribution in [2.75, 3.05) is 0 Å². The van der Waals surface area contributed by atoms with E-state index in [2.05, 4.69) is 4.98 Å². The molecule has 2 heterocycles. The van der Waals surface area contributed by atoms with E-state index in [1.807, 2.05) is 20.8 Å². The minimum Gasteiger partial charge on any atom is -0.387 e. The summed E-state index contributed by atoms with van der Waals surface area (Å²) in [5.74, 6) is 0.0282. The van der Waals surface area contributed by atoms with Gasteiger partial charge in [-0.15, -0.1) is 0 Å². The summed E-state index contributed by atoms with van der Waals surface area (Å²) < 4.78 is 39.7. The minimum absolute atomic E-state index is 0.0282. The van der Waals surface area contributed by atoms with Crippen LogP contribution in [0.1, 0.15) is 56.2 Å². The van der Waals surface area contributed by atoms with Gasteiger partial charge in [-0.05, 0) is 24.5 Å². The molecule has 2 rings (SSSR count). The summed E-state index contributed by atoms with van der Waals surface area (Å²) in [5, 5.41) is 10.1. The standard InChI is InChI=1S/C14H17F3N2O/c1-4-10(20)13-12(8(2)3)18-11-7-9(14(15,16)17)5-6-19(11)13/h5-8,10,20H,4H2,1-3H3. The minimum atomic E-state index is -4.39. The molecule has 110 valence electrons. The Morgan fingerprint density at radius 1 is 1.35 bits per heavy atom. The van der Waals surface area contributed by atoms with E-state index in [4.69, 9.17) is 0 Å². The fraction of sp³-hybridized carbons (Fsp3) is 0.500. The van der Waals surface area contributed by atoms with E-state index in [1.54, 1.807) is 4.40 Å². The molecule has 0 aliphatic rings. The van der Waals surface area contributed by atoms with Crippen molar-refractivity contribution in [3.63, 3.8) is 0 Å². The highest BCUT2D eigenvalue weighted by Gasteiger charge is 2.31. The summed E-state index contributed by atoms with van der Waals surface area (Å²) in [6.45, 7) is 5.62. The Labute approximate surface area is 115 Å². The first-order valence-electron chi connectivity index (χ1n) is 6.52. The lowest BCUT2D eigenvalue weighted by Gasteiger charge is -2.12. The SMILES string of the molecule is CCC(O)c1c(C(C)C)nc2cc(C(F)(F)F)ccn12. The zero-order valence-corrected chi connectivity index (χ0v) is 11.6. The van der Waals surface area contributed by atoms with Crippen LogP contribution in [-0.2, 0) is 6.18 Å². The summed E-state index contributed by atoms with van der Waals surface area (Å²) >= 11 is 0. The van der Waals surface area contributed by atoms with Crippen LogP contribution >= 0.6 is 0 Å². The molecule has 0 bridgehead atoms. The number of hydrogen-bond donors (Lipinski definition) is 1. The van der Waals surface area contributed by atoms with Crippen molar-refractivity contribution in [2.45, 2.75) is 45.4 Å². The maximum atomic E-state index is 12.7. The average Bonchev–Trinajstić information content (AvgIpc) is 2.75. The molecular formula is C14H17F3N2O. The Balaban J connectivity index is 2.68. The first-order chi connectivity index (χ1) is 9.25. The van der Waals surface area contributed by atoms with E-state index in [1.165, 1.54) is 6.20 Å². The molecular weight excluding hydrogens is 269 g/mol. The molecule has 2 aromatic rings. The second-order valence-electron chi connectivity index (χ2n) is 5.10. The van der Waals surface area contributed by atoms with Gasteiger partial charge in [-0.3, -0.25) is 0 Å². The van der Waals surface area contributed by atoms with Gasteiger partial charge in [0, 0.05) is 6.20 Å². The fourth-order valence-electron chi connectivity index (χ4n) is 2.21. The summed E-state index contributed by atoms with van der Waals surface area (Å²) in [6.07, 6.45) is -3.33. The molecule has 0 aliphatic carbocycles. The van der Waals surface area contributed by atoms with Crippen LogP contribution in [0, 0.1) is 0 Å². The molecule has 0 saturated heterocycles. The molecule has 1 unspecified atom stereocenters. The number of aliphatic hydroxyl groups is 1. The Hall–Kier alpha value is -1.56. The highest BCUT2D eigenvalue weighted by atomic mass is 19.4. The maximum absolute atomic E-state index is 12.7. The van der Waals surface area contributed by atoms with Crippen molar-refractivity contribution >= 4 is 5.65 Å². The second-order valence-corrected chi connectivity index (χ2v) is 5.10. The third kappa shape index (κ3) is 2.52. The van der Waals surface area contributed by atoms with Gasteiger partial charge in [0.05, 0.1) is 23.1 Å². The predicted octanol–water partition coefficient (Wildman–Crippen LogP) is 3.92. The fourth-order valence-corrected chi connectivity index (χ4v) is 2.21. The predicted molar refractivity (Wildman–Crippen MR) is 69.5 cm³/mol. The van der Waals surface area contributed by atoms with Gasteiger partial charge < -0.3 is 9.51 Å². The lowest BCUT2D eigenvalue weighted by molar-refractivity contribution is -0.137. The third-order valence-corrected chi connectivity index (χ3v) is 3.27. The second kappa shape index (κ2) is 5.09. The molecule has 0 aromatic carbocycles. The van der Waals surface area contributed by atoms with E-state index in [9.17, 15) is 18.3 Å². The van der Waals surface area contributed by atoms with Gasteiger partial charge in [-0.1, -0.05) is 20.8 Å². The molecule has 3 nitrogen and oxygen atoms in total. The average molecular weight is 286 g/mol. The summed E-state index contributed by atoms with van der Waals surface area (Å²) in [5.41, 5.74) is 0.693. The molecule has 2 aromatic heterocycles. The van der Waals surface area contributed by atoms with Gasteiger partial charge in [0.2, 0.25) is 0 Å². The Morgan fingerprint density at radius 3 is 2.50 bits per heavy atom. The molecule has 0 amide bonds. The number of halogens is 3. The number of aromatic nitrogens is 2. The van der Waals surface area contributed by atoms with Crippen molar-refractivity contribution in [1.29, 1.82) is 0 Å². The monoisotopic (exact) mass is 286 g/mol. The largest absolute Gasteiger partial charge is 0.416 e. The topological polar surface area (TPSA) is 37.5 Å². The maximum Gasteiger partial charge on any atom is 0.416 e. The van der Waals surface area contributed by atoms with E-state index < -0.39 is 17.8 Å². The van der Waals surface area contributed by atoms with Crippen molar-refractivity contribution in [3.05, 3.63) is 35.3 Å². The number of aliphatic hydroxyl groups excluding tert-OH is 1. The number of nitrogens with zero attached hydrogens (tertiary/aromatic N) is 2. The van der Waals surface area contributed by atoms with Crippen molar-refractivity contribution in [3.8, 4) is 0 Å². The van der Waals surface area contributed by atoms with Gasteiger partial charge in [0.25, 0.3) is 0 Å². The van der Waals surface area contributed by atoms with Crippen molar-refractivity contribution < 1.29 is 18.3 Å². The van der Waals surface area contributed by atoms with E-state index >= 15 is 0 Å². The number of alkyl halides is 3. The number of hydrogen-bond acceptors (Lipinski definition) is 2. The Bertz CT molecular complexity index is 617. The third-order valence-electron chi connectivity index (χ3n) is 3.27. The van der Waals surface area contributed by atoms with Crippen LogP contribution in [0.5, 0.6) is 0 Å². The molecule has 1 atom stereocenters. The first kappa shape index (κ1) is 14.8. The summed E-state index contributed by atoms with van der Waals surface area (Å²) in [6, 6.07) is 2.02. The van der Waals surface area contributed by atoms with Crippen LogP contribution in [0.4, 0.5) is 13.2 Å². The molecule has 0 radical (unpaired) electrons. The molecule has 0 spiro atoms. The van der Waals surface area contributed by atoms with Gasteiger partial charge in [0.1, 0.15) is 5.65 Å². The Morgan fingerprint density at radius 2 is 2.00 bits per heavy atom. The smallest absolute Gasteiger partial charge is 0.387 e. The van der Waals surface area contributed by atoms with Crippen LogP contribution in [0.25, 0.3) is 5.65 Å². The zero-order chi connectivity index (χ0) is 15.1. The number of imidazole rings is 1. The summed E-state index contributed by atoms with van der Waals surface area (Å²) in [4.78, 5) is 4.26. The highest BCUT2D eigenvalue weighted by molar-refractivity contribution is 5.47. The van der Waals surface area contributed by atoms with E-state index in [0.29, 0.717) is 17.8 Å². The Kier molecular flexibility index (Phi) is 3.77. The van der Waals surface area contributed by atoms with Gasteiger partial charge >= 0.3 is 6.18 Å². The highest BCUT2D eigenvalue weighted by Crippen LogP contribution is 2.32. The molecule has 0 saturated carbocycles. The zero-order valence-electron chi connectivity index (χ0n) is 11.6. The van der Waals surface area contributed by atoms with E-state index in [0.717, 1.165) is 12.1 Å². The molecule has 0 fully saturated rings. The number of pyridine rings is 1. The van der Waals surface area contributed by atoms with Gasteiger partial charge in [-0.2, -0.15) is 13.2 Å². The number of rotatable bonds is 3. The van der Waals surface area contributed by atoms with Crippen LogP contribution in [0.3, 0.4) is 0 Å². The molecule has 0 aliphatic heterocycles. The van der Waals surface area contributed by atoms with Crippen LogP contribution in [0.2, 0.25) is 0 Å². The molecule has 6 heteroatoms. The number of fused-ring (bicyclic) bond motifs is 1. The lowest BCUT2D eigenvalue weighted by atomic mass is 10.0. The van der Waals surface area contributed by atoms with Crippen LogP contribution < -0.4 is 0 Å². The van der Waals surface area contributed by atoms with Crippen molar-refractivity contribution in [2.24, 2.45) is 0 Å². The lowest BCUT2D eigenvalue weighted by Crippen LogP contribution is -2.07. The van der Waals surface area contributed by atoms with Gasteiger partial charge in [-0.25, -0.2) is 4.98 Å². The normalized spacial score (nSPS) is 14.2. The van der Waals surface area contributed by atoms with Crippen LogP contribution in [0.15, 0.2) is 18.3 Å². The summed E-state index contributed by atoms with van der Waals surface area (Å²) in [7, 11) is 0. The molecule has 1 N–H and O–H groups in total. The molecule has 20 heavy (non-hydrogen) atoms. The van der Waals surface area contributed by atoms with E-state index in [-0.39, 0.29) is 11.6 Å². The van der Waals surface area contributed by atoms with Gasteiger partial charge in [0.15, 0.2) is 0 Å². The first-order valence-corrected chi connectivity index (χ1v) is 6.52. The van der Waals surface area contributed by atoms with Crippen LogP contribution in [-0.4, -0.2) is 14.5 Å². The quantitative estimate of drug-likeness (QED) is 0.928.